The Bertz CT molecular complexity index is 258. The van der Waals surface area contributed by atoms with E-state index in [4.69, 9.17) is 11.6 Å². The van der Waals surface area contributed by atoms with E-state index >= 15 is 0 Å². The van der Waals surface area contributed by atoms with E-state index in [1.54, 1.807) is 0 Å². The van der Waals surface area contributed by atoms with Gasteiger partial charge < -0.3 is 14.2 Å². The smallest absolute Gasteiger partial charge is 0.405 e. The van der Waals surface area contributed by atoms with Crippen molar-refractivity contribution in [3.8, 4) is 0 Å². The van der Waals surface area contributed by atoms with Crippen LogP contribution < -0.4 is 0 Å². The minimum atomic E-state index is -2.12. The Morgan fingerprint density at radius 3 is 1.73 bits per heavy atom. The van der Waals surface area contributed by atoms with Gasteiger partial charge in [0.2, 0.25) is 0 Å². The Hall–Kier alpha value is -1.30. The number of carbonyl (C=O) groups is 3. The fourth-order valence-corrected chi connectivity index (χ4v) is 1.13. The van der Waals surface area contributed by atoms with Crippen molar-refractivity contribution >= 4 is 29.0 Å². The van der Waals surface area contributed by atoms with Crippen LogP contribution in [-0.2, 0) is 23.8 Å². The largest absolute Gasteiger partial charge is 0.466 e. The zero-order chi connectivity index (χ0) is 12.1. The Balaban J connectivity index is 5.19. The van der Waals surface area contributed by atoms with E-state index in [2.05, 4.69) is 14.2 Å². The van der Waals surface area contributed by atoms with Gasteiger partial charge in [0.15, 0.2) is 0 Å². The SMILES string of the molecule is CCC(OC(=O)Cl)(C(=O)OC)C(=O)OC. The van der Waals surface area contributed by atoms with Gasteiger partial charge in [0.05, 0.1) is 14.2 Å². The molecule has 0 heterocycles. The summed E-state index contributed by atoms with van der Waals surface area (Å²) in [4.78, 5) is 33.3. The van der Waals surface area contributed by atoms with Crippen LogP contribution in [0.5, 0.6) is 0 Å². The average Bonchev–Trinajstić information content (AvgIpc) is 2.23. The van der Waals surface area contributed by atoms with E-state index in [9.17, 15) is 14.4 Å². The first-order chi connectivity index (χ1) is 6.94. The van der Waals surface area contributed by atoms with Gasteiger partial charge in [0.25, 0.3) is 0 Å². The number of rotatable bonds is 4. The highest BCUT2D eigenvalue weighted by Gasteiger charge is 2.51. The van der Waals surface area contributed by atoms with Crippen LogP contribution in [0, 0.1) is 0 Å². The molecule has 0 aliphatic heterocycles. The van der Waals surface area contributed by atoms with Gasteiger partial charge in [-0.15, -0.1) is 0 Å². The molecule has 0 spiro atoms. The van der Waals surface area contributed by atoms with Gasteiger partial charge in [-0.05, 0) is 0 Å². The highest BCUT2D eigenvalue weighted by atomic mass is 35.5. The third-order valence-electron chi connectivity index (χ3n) is 1.78. The molecule has 0 aliphatic carbocycles. The van der Waals surface area contributed by atoms with E-state index in [1.165, 1.54) is 6.92 Å². The number of methoxy groups -OCH3 is 2. The lowest BCUT2D eigenvalue weighted by Crippen LogP contribution is -2.50. The van der Waals surface area contributed by atoms with Gasteiger partial charge >= 0.3 is 23.0 Å². The van der Waals surface area contributed by atoms with Crippen molar-refractivity contribution < 1.29 is 28.6 Å². The molecule has 6 nitrogen and oxygen atoms in total. The van der Waals surface area contributed by atoms with Crippen LogP contribution >= 0.6 is 11.6 Å². The van der Waals surface area contributed by atoms with Crippen molar-refractivity contribution in [2.45, 2.75) is 18.9 Å². The number of halogens is 1. The molecule has 0 aliphatic rings. The molecule has 0 amide bonds. The summed E-state index contributed by atoms with van der Waals surface area (Å²) in [7, 11) is 2.11. The molecule has 0 radical (unpaired) electrons. The molecule has 0 aromatic carbocycles. The quantitative estimate of drug-likeness (QED) is 0.313. The Morgan fingerprint density at radius 1 is 1.13 bits per heavy atom. The van der Waals surface area contributed by atoms with Crippen LogP contribution in [0.15, 0.2) is 0 Å². The first-order valence-electron chi connectivity index (χ1n) is 4.00. The first kappa shape index (κ1) is 13.7. The minimum Gasteiger partial charge on any atom is -0.466 e. The van der Waals surface area contributed by atoms with Crippen LogP contribution in [0.25, 0.3) is 0 Å². The lowest BCUT2D eigenvalue weighted by Gasteiger charge is -2.25. The molecule has 0 saturated carbocycles. The van der Waals surface area contributed by atoms with E-state index in [1.807, 2.05) is 0 Å². The summed E-state index contributed by atoms with van der Waals surface area (Å²) in [6.45, 7) is 1.45. The summed E-state index contributed by atoms with van der Waals surface area (Å²) < 4.78 is 13.2. The van der Waals surface area contributed by atoms with Crippen molar-refractivity contribution in [1.82, 2.24) is 0 Å². The Kier molecular flexibility index (Phi) is 5.07. The fourth-order valence-electron chi connectivity index (χ4n) is 0.994. The third-order valence-corrected chi connectivity index (χ3v) is 1.86. The molecular formula is C8H11ClO6. The Labute approximate surface area is 91.4 Å². The molecule has 0 atom stereocenters. The molecule has 0 fully saturated rings. The molecule has 0 aromatic heterocycles. The minimum absolute atomic E-state index is 0.134. The molecule has 0 aromatic rings. The third kappa shape index (κ3) is 2.82. The summed E-state index contributed by atoms with van der Waals surface area (Å²) in [5, 5.41) is 0. The van der Waals surface area contributed by atoms with Crippen LogP contribution in [-0.4, -0.2) is 37.2 Å². The van der Waals surface area contributed by atoms with Gasteiger partial charge in [-0.25, -0.2) is 14.4 Å². The standard InChI is InChI=1S/C8H11ClO6/c1-4-8(5(10)13-2,6(11)14-3)15-7(9)12/h4H2,1-3H3. The summed E-state index contributed by atoms with van der Waals surface area (Å²) in [6.07, 6.45) is -0.134. The Morgan fingerprint density at radius 2 is 1.53 bits per heavy atom. The highest BCUT2D eigenvalue weighted by molar-refractivity contribution is 6.61. The molecule has 0 saturated heterocycles. The fraction of sp³-hybridized carbons (Fsp3) is 0.625. The maximum absolute atomic E-state index is 11.3. The number of hydrogen-bond donors (Lipinski definition) is 0. The molecule has 0 rings (SSSR count). The van der Waals surface area contributed by atoms with Crippen molar-refractivity contribution in [3.63, 3.8) is 0 Å². The zero-order valence-electron chi connectivity index (χ0n) is 8.53. The van der Waals surface area contributed by atoms with Crippen LogP contribution in [0.1, 0.15) is 13.3 Å². The van der Waals surface area contributed by atoms with E-state index < -0.39 is 23.0 Å². The summed E-state index contributed by atoms with van der Waals surface area (Å²) >= 11 is 4.97. The molecular weight excluding hydrogens is 228 g/mol. The van der Waals surface area contributed by atoms with Crippen molar-refractivity contribution in [2.75, 3.05) is 14.2 Å². The molecule has 0 bridgehead atoms. The zero-order valence-corrected chi connectivity index (χ0v) is 9.29. The van der Waals surface area contributed by atoms with Gasteiger partial charge in [0, 0.05) is 18.0 Å². The first-order valence-corrected chi connectivity index (χ1v) is 4.37. The second-order valence-electron chi connectivity index (χ2n) is 2.50. The number of carbonyl (C=O) groups excluding carboxylic acids is 3. The number of hydrogen-bond acceptors (Lipinski definition) is 6. The maximum Gasteiger partial charge on any atom is 0.405 e. The topological polar surface area (TPSA) is 78.9 Å². The predicted octanol–water partition coefficient (Wildman–Crippen LogP) is 0.857. The lowest BCUT2D eigenvalue weighted by atomic mass is 10.0. The molecule has 0 unspecified atom stereocenters. The van der Waals surface area contributed by atoms with Crippen LogP contribution in [0.4, 0.5) is 4.79 Å². The average molecular weight is 239 g/mol. The van der Waals surface area contributed by atoms with Crippen molar-refractivity contribution in [2.24, 2.45) is 0 Å². The predicted molar refractivity (Wildman–Crippen MR) is 49.4 cm³/mol. The second kappa shape index (κ2) is 5.55. The summed E-state index contributed by atoms with van der Waals surface area (Å²) in [5.74, 6) is -2.07. The van der Waals surface area contributed by atoms with Gasteiger partial charge in [-0.2, -0.15) is 0 Å². The summed E-state index contributed by atoms with van der Waals surface area (Å²) in [5.41, 5.74) is -3.41. The van der Waals surface area contributed by atoms with Gasteiger partial charge in [0.1, 0.15) is 0 Å². The van der Waals surface area contributed by atoms with Crippen LogP contribution in [0.2, 0.25) is 0 Å². The monoisotopic (exact) mass is 238 g/mol. The molecule has 7 heteroatoms. The number of ether oxygens (including phenoxy) is 3. The van der Waals surface area contributed by atoms with Gasteiger partial charge in [-0.1, -0.05) is 6.92 Å². The second-order valence-corrected chi connectivity index (χ2v) is 2.81. The van der Waals surface area contributed by atoms with E-state index in [-0.39, 0.29) is 6.42 Å². The molecule has 0 N–H and O–H groups in total. The summed E-state index contributed by atoms with van der Waals surface area (Å²) in [6, 6.07) is 0. The van der Waals surface area contributed by atoms with Crippen molar-refractivity contribution in [3.05, 3.63) is 0 Å². The van der Waals surface area contributed by atoms with E-state index in [0.717, 1.165) is 14.2 Å². The molecule has 86 valence electrons. The maximum atomic E-state index is 11.3. The molecule has 15 heavy (non-hydrogen) atoms. The normalized spacial score (nSPS) is 10.4. The van der Waals surface area contributed by atoms with Crippen LogP contribution in [0.3, 0.4) is 0 Å². The number of esters is 2. The highest BCUT2D eigenvalue weighted by Crippen LogP contribution is 2.21. The lowest BCUT2D eigenvalue weighted by molar-refractivity contribution is -0.179. The van der Waals surface area contributed by atoms with Crippen molar-refractivity contribution in [1.29, 1.82) is 0 Å². The van der Waals surface area contributed by atoms with E-state index in [0.29, 0.717) is 0 Å². The van der Waals surface area contributed by atoms with Gasteiger partial charge in [-0.3, -0.25) is 0 Å².